The lowest BCUT2D eigenvalue weighted by molar-refractivity contribution is -0.122. The molecule has 1 aliphatic carbocycles. The number of aromatic nitrogens is 1. The molecular weight excluding hydrogens is 328 g/mol. The molecule has 1 aromatic carbocycles. The lowest BCUT2D eigenvalue weighted by Gasteiger charge is -2.15. The third-order valence-corrected chi connectivity index (χ3v) is 4.95. The third kappa shape index (κ3) is 3.98. The van der Waals surface area contributed by atoms with Gasteiger partial charge in [-0.25, -0.2) is 4.79 Å². The van der Waals surface area contributed by atoms with Crippen LogP contribution >= 0.6 is 0 Å². The molecule has 0 radical (unpaired) electrons. The number of nitrogens with one attached hydrogen (secondary N) is 1. The number of carbonyl (C=O) groups excluding carboxylic acids is 2. The van der Waals surface area contributed by atoms with Crippen LogP contribution in [0.1, 0.15) is 48.7 Å². The van der Waals surface area contributed by atoms with Crippen molar-refractivity contribution < 1.29 is 14.3 Å². The van der Waals surface area contributed by atoms with Gasteiger partial charge in [-0.15, -0.1) is 0 Å². The molecule has 0 atom stereocenters. The largest absolute Gasteiger partial charge is 0.462 e. The first-order chi connectivity index (χ1) is 12.6. The number of rotatable bonds is 6. The van der Waals surface area contributed by atoms with E-state index in [4.69, 9.17) is 4.74 Å². The number of hydrogen-bond donors (Lipinski definition) is 1. The molecule has 1 aromatic heterocycles. The average molecular weight is 354 g/mol. The summed E-state index contributed by atoms with van der Waals surface area (Å²) >= 11 is 0. The van der Waals surface area contributed by atoms with E-state index in [9.17, 15) is 9.59 Å². The molecule has 0 spiro atoms. The first kappa shape index (κ1) is 18.2. The fraction of sp³-hybridized carbons (Fsp3) is 0.429. The molecular formula is C21H26N2O3. The van der Waals surface area contributed by atoms with Crippen molar-refractivity contribution in [3.63, 3.8) is 0 Å². The van der Waals surface area contributed by atoms with Crippen molar-refractivity contribution in [1.29, 1.82) is 0 Å². The normalized spacial score (nSPS) is 14.4. The minimum Gasteiger partial charge on any atom is -0.462 e. The minimum atomic E-state index is -0.350. The van der Waals surface area contributed by atoms with Gasteiger partial charge >= 0.3 is 5.97 Å². The second kappa shape index (κ2) is 8.21. The minimum absolute atomic E-state index is 0.0109. The van der Waals surface area contributed by atoms with E-state index in [2.05, 4.69) is 5.32 Å². The summed E-state index contributed by atoms with van der Waals surface area (Å²) in [6.45, 7) is 4.18. The monoisotopic (exact) mass is 354 g/mol. The summed E-state index contributed by atoms with van der Waals surface area (Å²) in [5.41, 5.74) is 3.09. The Bertz CT molecular complexity index is 774. The van der Waals surface area contributed by atoms with Gasteiger partial charge in [-0.05, 0) is 38.3 Å². The van der Waals surface area contributed by atoms with Gasteiger partial charge in [0.2, 0.25) is 5.91 Å². The van der Waals surface area contributed by atoms with Crippen molar-refractivity contribution in [2.24, 2.45) is 0 Å². The average Bonchev–Trinajstić information content (AvgIpc) is 3.25. The number of benzene rings is 1. The van der Waals surface area contributed by atoms with E-state index in [0.29, 0.717) is 12.2 Å². The molecule has 0 unspecified atom stereocenters. The van der Waals surface area contributed by atoms with Crippen LogP contribution in [0.15, 0.2) is 36.4 Å². The Morgan fingerprint density at radius 3 is 2.54 bits per heavy atom. The maximum absolute atomic E-state index is 12.6. The molecule has 5 heteroatoms. The van der Waals surface area contributed by atoms with Crippen LogP contribution in [0.2, 0.25) is 0 Å². The molecule has 1 aliphatic rings. The quantitative estimate of drug-likeness (QED) is 0.805. The molecule has 0 aliphatic heterocycles. The Hall–Kier alpha value is -2.56. The molecule has 138 valence electrons. The van der Waals surface area contributed by atoms with Crippen LogP contribution in [0.3, 0.4) is 0 Å². The van der Waals surface area contributed by atoms with Crippen molar-refractivity contribution >= 4 is 11.9 Å². The van der Waals surface area contributed by atoms with Gasteiger partial charge in [0.25, 0.3) is 0 Å². The Kier molecular flexibility index (Phi) is 5.76. The van der Waals surface area contributed by atoms with E-state index in [0.717, 1.165) is 29.8 Å². The van der Waals surface area contributed by atoms with Crippen LogP contribution < -0.4 is 5.32 Å². The van der Waals surface area contributed by atoms with Crippen LogP contribution in [-0.4, -0.2) is 29.1 Å². The zero-order chi connectivity index (χ0) is 18.5. The summed E-state index contributed by atoms with van der Waals surface area (Å²) in [4.78, 5) is 24.9. The van der Waals surface area contributed by atoms with Crippen molar-refractivity contribution in [3.8, 4) is 11.3 Å². The topological polar surface area (TPSA) is 60.3 Å². The first-order valence-corrected chi connectivity index (χ1v) is 9.32. The summed E-state index contributed by atoms with van der Waals surface area (Å²) in [5, 5.41) is 3.12. The summed E-state index contributed by atoms with van der Waals surface area (Å²) < 4.78 is 7.08. The summed E-state index contributed by atoms with van der Waals surface area (Å²) in [7, 11) is 0. The second-order valence-electron chi connectivity index (χ2n) is 6.75. The zero-order valence-electron chi connectivity index (χ0n) is 15.5. The molecule has 1 amide bonds. The molecule has 26 heavy (non-hydrogen) atoms. The molecule has 1 saturated carbocycles. The van der Waals surface area contributed by atoms with Gasteiger partial charge in [0, 0.05) is 17.4 Å². The van der Waals surface area contributed by atoms with Gasteiger partial charge in [0.1, 0.15) is 6.54 Å². The molecule has 1 fully saturated rings. The number of esters is 1. The highest BCUT2D eigenvalue weighted by Gasteiger charge is 2.22. The van der Waals surface area contributed by atoms with Crippen LogP contribution in [0, 0.1) is 6.92 Å². The maximum Gasteiger partial charge on any atom is 0.339 e. The fourth-order valence-electron chi connectivity index (χ4n) is 3.60. The molecule has 0 saturated heterocycles. The number of hydrogen-bond acceptors (Lipinski definition) is 3. The van der Waals surface area contributed by atoms with Gasteiger partial charge in [0.15, 0.2) is 0 Å². The van der Waals surface area contributed by atoms with Crippen LogP contribution in [0.5, 0.6) is 0 Å². The van der Waals surface area contributed by atoms with Crippen molar-refractivity contribution in [2.45, 2.75) is 52.1 Å². The molecule has 1 N–H and O–H groups in total. The third-order valence-electron chi connectivity index (χ3n) is 4.95. The number of carbonyl (C=O) groups is 2. The molecule has 5 nitrogen and oxygen atoms in total. The maximum atomic E-state index is 12.6. The lowest BCUT2D eigenvalue weighted by atomic mass is 10.1. The van der Waals surface area contributed by atoms with Crippen molar-refractivity contribution in [1.82, 2.24) is 9.88 Å². The van der Waals surface area contributed by atoms with Crippen molar-refractivity contribution in [3.05, 3.63) is 47.7 Å². The van der Waals surface area contributed by atoms with Crippen LogP contribution in [-0.2, 0) is 16.1 Å². The van der Waals surface area contributed by atoms with Crippen LogP contribution in [0.25, 0.3) is 11.3 Å². The van der Waals surface area contributed by atoms with E-state index in [-0.39, 0.29) is 24.5 Å². The first-order valence-electron chi connectivity index (χ1n) is 9.32. The highest BCUT2D eigenvalue weighted by atomic mass is 16.5. The van der Waals surface area contributed by atoms with Gasteiger partial charge in [-0.1, -0.05) is 43.2 Å². The summed E-state index contributed by atoms with van der Waals surface area (Å²) in [6, 6.07) is 11.9. The highest BCUT2D eigenvalue weighted by Crippen LogP contribution is 2.26. The SMILES string of the molecule is CCOC(=O)c1cc(-c2ccccc2)n(CC(=O)NC2CCCC2)c1C. The molecule has 2 aromatic rings. The van der Waals surface area contributed by atoms with Gasteiger partial charge in [-0.3, -0.25) is 4.79 Å². The summed E-state index contributed by atoms with van der Waals surface area (Å²) in [5.74, 6) is -0.361. The Morgan fingerprint density at radius 1 is 1.19 bits per heavy atom. The zero-order valence-corrected chi connectivity index (χ0v) is 15.5. The standard InChI is InChI=1S/C21H26N2O3/c1-3-26-21(25)18-13-19(16-9-5-4-6-10-16)23(15(18)2)14-20(24)22-17-11-7-8-12-17/h4-6,9-10,13,17H,3,7-8,11-12,14H2,1-2H3,(H,22,24). The number of amides is 1. The molecule has 1 heterocycles. The highest BCUT2D eigenvalue weighted by molar-refractivity contribution is 5.93. The second-order valence-corrected chi connectivity index (χ2v) is 6.75. The van der Waals surface area contributed by atoms with E-state index in [1.807, 2.05) is 47.9 Å². The Labute approximate surface area is 154 Å². The molecule has 3 rings (SSSR count). The predicted molar refractivity (Wildman–Crippen MR) is 101 cm³/mol. The van der Waals surface area contributed by atoms with E-state index >= 15 is 0 Å². The van der Waals surface area contributed by atoms with Gasteiger partial charge in [0.05, 0.1) is 12.2 Å². The van der Waals surface area contributed by atoms with Crippen LogP contribution in [0.4, 0.5) is 0 Å². The van der Waals surface area contributed by atoms with E-state index in [1.54, 1.807) is 6.92 Å². The van der Waals surface area contributed by atoms with E-state index in [1.165, 1.54) is 12.8 Å². The van der Waals surface area contributed by atoms with Gasteiger partial charge in [-0.2, -0.15) is 0 Å². The van der Waals surface area contributed by atoms with Gasteiger partial charge < -0.3 is 14.6 Å². The Balaban J connectivity index is 1.90. The predicted octanol–water partition coefficient (Wildman–Crippen LogP) is 3.70. The fourth-order valence-corrected chi connectivity index (χ4v) is 3.60. The summed E-state index contributed by atoms with van der Waals surface area (Å²) in [6.07, 6.45) is 4.46. The lowest BCUT2D eigenvalue weighted by Crippen LogP contribution is -2.35. The van der Waals surface area contributed by atoms with E-state index < -0.39 is 0 Å². The smallest absolute Gasteiger partial charge is 0.339 e. The number of nitrogens with zero attached hydrogens (tertiary/aromatic N) is 1. The number of ether oxygens (including phenoxy) is 1. The van der Waals surface area contributed by atoms with Crippen molar-refractivity contribution in [2.75, 3.05) is 6.61 Å². The molecule has 0 bridgehead atoms. The Morgan fingerprint density at radius 2 is 1.88 bits per heavy atom.